The van der Waals surface area contributed by atoms with E-state index < -0.39 is 0 Å². The van der Waals surface area contributed by atoms with Crippen molar-refractivity contribution in [3.8, 4) is 33.4 Å². The Bertz CT molecular complexity index is 3980. The summed E-state index contributed by atoms with van der Waals surface area (Å²) in [6.07, 6.45) is 0. The molecule has 0 N–H and O–H groups in total. The lowest BCUT2D eigenvalue weighted by Gasteiger charge is -2.23. The molecule has 3 heteroatoms. The molecule has 3 aromatic heterocycles. The molecule has 0 saturated carbocycles. The molecule has 14 rings (SSSR count). The van der Waals surface area contributed by atoms with Crippen molar-refractivity contribution < 1.29 is 8.83 Å². The number of para-hydroxylation sites is 1. The van der Waals surface area contributed by atoms with E-state index in [2.05, 4.69) is 184 Å². The zero-order valence-corrected chi connectivity index (χ0v) is 33.7. The molecule has 0 spiro atoms. The van der Waals surface area contributed by atoms with Crippen molar-refractivity contribution in [3.63, 3.8) is 0 Å². The van der Waals surface area contributed by atoms with Gasteiger partial charge in [-0.05, 0) is 114 Å². The van der Waals surface area contributed by atoms with Gasteiger partial charge in [0.15, 0.2) is 0 Å². The van der Waals surface area contributed by atoms with Crippen LogP contribution in [0.3, 0.4) is 0 Å². The van der Waals surface area contributed by atoms with Gasteiger partial charge in [0.2, 0.25) is 0 Å². The van der Waals surface area contributed by atoms with E-state index in [4.69, 9.17) is 8.83 Å². The van der Waals surface area contributed by atoms with Gasteiger partial charge in [-0.1, -0.05) is 141 Å². The predicted molar refractivity (Wildman–Crippen MR) is 255 cm³/mol. The summed E-state index contributed by atoms with van der Waals surface area (Å²) in [6.45, 7) is 4.83. The molecule has 0 amide bonds. The lowest BCUT2D eigenvalue weighted by molar-refractivity contribution is 0.658. The highest BCUT2D eigenvalue weighted by atomic mass is 32.1. The lowest BCUT2D eigenvalue weighted by atomic mass is 9.80. The van der Waals surface area contributed by atoms with Crippen LogP contribution in [0.2, 0.25) is 0 Å². The van der Waals surface area contributed by atoms with Crippen LogP contribution in [-0.4, -0.2) is 0 Å². The first kappa shape index (κ1) is 32.7. The van der Waals surface area contributed by atoms with E-state index in [-0.39, 0.29) is 5.41 Å². The summed E-state index contributed by atoms with van der Waals surface area (Å²) in [5.41, 5.74) is 13.6. The van der Waals surface area contributed by atoms with Crippen molar-refractivity contribution in [2.75, 3.05) is 0 Å². The van der Waals surface area contributed by atoms with Crippen molar-refractivity contribution in [1.82, 2.24) is 0 Å². The Hall–Kier alpha value is -7.20. The van der Waals surface area contributed by atoms with Crippen LogP contribution < -0.4 is 0 Å². The zero-order valence-electron chi connectivity index (χ0n) is 32.9. The molecule has 60 heavy (non-hydrogen) atoms. The van der Waals surface area contributed by atoms with Crippen molar-refractivity contribution >= 4 is 108 Å². The quantitative estimate of drug-likeness (QED) is 0.163. The van der Waals surface area contributed by atoms with E-state index in [1.165, 1.54) is 108 Å². The second-order valence-electron chi connectivity index (χ2n) is 17.1. The maximum atomic E-state index is 6.92. The number of furan rings is 2. The minimum atomic E-state index is -0.271. The molecule has 10 aromatic carbocycles. The number of benzene rings is 10. The molecule has 2 nitrogen and oxygen atoms in total. The second-order valence-corrected chi connectivity index (χ2v) is 18.1. The summed E-state index contributed by atoms with van der Waals surface area (Å²) < 4.78 is 16.0. The Balaban J connectivity index is 1.02. The van der Waals surface area contributed by atoms with Gasteiger partial charge in [-0.2, -0.15) is 0 Å². The molecule has 0 atom stereocenters. The largest absolute Gasteiger partial charge is 0.456 e. The maximum absolute atomic E-state index is 6.92. The Morgan fingerprint density at radius 1 is 0.417 bits per heavy atom. The van der Waals surface area contributed by atoms with E-state index >= 15 is 0 Å². The van der Waals surface area contributed by atoms with Gasteiger partial charge in [-0.25, -0.2) is 0 Å². The summed E-state index contributed by atoms with van der Waals surface area (Å²) >= 11 is 1.92. The molecule has 13 aromatic rings. The predicted octanol–water partition coefficient (Wildman–Crippen LogP) is 17.0. The first-order chi connectivity index (χ1) is 29.5. The number of hydrogen-bond acceptors (Lipinski definition) is 3. The highest BCUT2D eigenvalue weighted by Crippen LogP contribution is 2.59. The smallest absolute Gasteiger partial charge is 0.144 e. The lowest BCUT2D eigenvalue weighted by Crippen LogP contribution is -2.15. The van der Waals surface area contributed by atoms with Gasteiger partial charge in [0.25, 0.3) is 0 Å². The Morgan fingerprint density at radius 3 is 1.72 bits per heavy atom. The van der Waals surface area contributed by atoms with Crippen LogP contribution in [-0.2, 0) is 5.41 Å². The molecule has 0 bridgehead atoms. The van der Waals surface area contributed by atoms with Crippen LogP contribution in [0.25, 0.3) is 130 Å². The van der Waals surface area contributed by atoms with E-state index in [1.54, 1.807) is 0 Å². The van der Waals surface area contributed by atoms with Gasteiger partial charge in [0.05, 0.1) is 0 Å². The summed E-state index contributed by atoms with van der Waals surface area (Å²) in [5, 5.41) is 14.7. The molecule has 0 aliphatic heterocycles. The third kappa shape index (κ3) is 4.17. The molecular weight excluding hydrogens is 749 g/mol. The van der Waals surface area contributed by atoms with E-state index in [0.717, 1.165) is 33.1 Å². The standard InChI is InChI=1S/C57H34O2S/c1-57(2)44-29-34(23-25-39(44)53-54(57)56-52(41-20-10-12-22-48(41)60-56)51-40-19-9-11-21-45(40)59-55(51)53)50-37-17-7-5-15-35(37)49(36-16-6-8-18-38(36)50)33-24-26-46-42(28-33)43-27-31-13-3-4-14-32(31)30-47(43)58-46/h3-30H,1-2H3. The number of hydrogen-bond donors (Lipinski definition) is 0. The van der Waals surface area contributed by atoms with Gasteiger partial charge in [-0.15, -0.1) is 11.3 Å². The van der Waals surface area contributed by atoms with Gasteiger partial charge >= 0.3 is 0 Å². The van der Waals surface area contributed by atoms with Crippen molar-refractivity contribution in [2.45, 2.75) is 19.3 Å². The third-order valence-electron chi connectivity index (χ3n) is 13.6. The highest BCUT2D eigenvalue weighted by Gasteiger charge is 2.41. The first-order valence-electron chi connectivity index (χ1n) is 20.7. The fourth-order valence-electron chi connectivity index (χ4n) is 11.0. The zero-order chi connectivity index (χ0) is 39.4. The monoisotopic (exact) mass is 782 g/mol. The molecule has 0 fully saturated rings. The minimum Gasteiger partial charge on any atom is -0.456 e. The van der Waals surface area contributed by atoms with E-state index in [0.29, 0.717) is 0 Å². The van der Waals surface area contributed by atoms with Gasteiger partial charge < -0.3 is 8.83 Å². The molecule has 280 valence electrons. The number of rotatable bonds is 2. The first-order valence-corrected chi connectivity index (χ1v) is 21.6. The highest BCUT2D eigenvalue weighted by molar-refractivity contribution is 7.26. The molecule has 3 heterocycles. The average molecular weight is 783 g/mol. The number of thiophene rings is 1. The van der Waals surface area contributed by atoms with Crippen molar-refractivity contribution in [2.24, 2.45) is 0 Å². The van der Waals surface area contributed by atoms with E-state index in [9.17, 15) is 0 Å². The average Bonchev–Trinajstić information content (AvgIpc) is 4.02. The third-order valence-corrected chi connectivity index (χ3v) is 14.8. The summed E-state index contributed by atoms with van der Waals surface area (Å²) in [4.78, 5) is 0. The topological polar surface area (TPSA) is 26.3 Å². The summed E-state index contributed by atoms with van der Waals surface area (Å²) in [6, 6.07) is 62.3. The number of fused-ring (bicyclic) bond motifs is 18. The molecule has 1 aliphatic rings. The second kappa shape index (κ2) is 11.5. The fraction of sp³-hybridized carbons (Fsp3) is 0.0526. The molecule has 0 radical (unpaired) electrons. The normalized spacial score (nSPS) is 13.6. The Labute approximate surface area is 348 Å². The van der Waals surface area contributed by atoms with Gasteiger partial charge in [0, 0.05) is 52.7 Å². The van der Waals surface area contributed by atoms with Crippen LogP contribution in [0.15, 0.2) is 179 Å². The van der Waals surface area contributed by atoms with Crippen LogP contribution in [0.4, 0.5) is 0 Å². The van der Waals surface area contributed by atoms with Crippen LogP contribution in [0, 0.1) is 0 Å². The van der Waals surface area contributed by atoms with Gasteiger partial charge in [-0.3, -0.25) is 0 Å². The Morgan fingerprint density at radius 2 is 0.983 bits per heavy atom. The summed E-state index contributed by atoms with van der Waals surface area (Å²) in [7, 11) is 0. The fourth-order valence-corrected chi connectivity index (χ4v) is 12.4. The molecule has 0 unspecified atom stereocenters. The van der Waals surface area contributed by atoms with E-state index in [1.807, 2.05) is 11.3 Å². The molecule has 0 saturated heterocycles. The van der Waals surface area contributed by atoms with Crippen LogP contribution >= 0.6 is 11.3 Å². The van der Waals surface area contributed by atoms with Crippen LogP contribution in [0.1, 0.15) is 25.0 Å². The van der Waals surface area contributed by atoms with Crippen molar-refractivity contribution in [3.05, 3.63) is 181 Å². The van der Waals surface area contributed by atoms with Gasteiger partial charge in [0.1, 0.15) is 22.3 Å². The molecular formula is C57H34O2S. The summed E-state index contributed by atoms with van der Waals surface area (Å²) in [5.74, 6) is 0. The minimum absolute atomic E-state index is 0.271. The molecule has 1 aliphatic carbocycles. The van der Waals surface area contributed by atoms with Crippen molar-refractivity contribution in [1.29, 1.82) is 0 Å². The Kier molecular flexibility index (Phi) is 6.27. The van der Waals surface area contributed by atoms with Crippen LogP contribution in [0.5, 0.6) is 0 Å². The maximum Gasteiger partial charge on any atom is 0.144 e. The SMILES string of the molecule is CC1(C)c2cc(-c3c4ccccc4c(-c4ccc5oc6cc7ccccc7cc6c5c4)c4ccccc34)ccc2-c2c1c1sc3ccccc3c1c1c2oc2ccccc21.